The Labute approximate surface area is 183 Å². The van der Waals surface area contributed by atoms with Crippen LogP contribution in [0.1, 0.15) is 32.1 Å². The van der Waals surface area contributed by atoms with E-state index in [1.807, 2.05) is 12.3 Å². The number of rotatable bonds is 5. The van der Waals surface area contributed by atoms with E-state index in [0.29, 0.717) is 40.2 Å². The first-order valence-electron chi connectivity index (χ1n) is 11.3. The van der Waals surface area contributed by atoms with Crippen molar-refractivity contribution in [3.8, 4) is 11.4 Å². The predicted molar refractivity (Wildman–Crippen MR) is 118 cm³/mol. The van der Waals surface area contributed by atoms with Crippen molar-refractivity contribution >= 4 is 27.8 Å². The quantitative estimate of drug-likeness (QED) is 0.412. The fourth-order valence-corrected chi connectivity index (χ4v) is 5.64. The summed E-state index contributed by atoms with van der Waals surface area (Å²) in [6.45, 7) is -0.327. The highest BCUT2D eigenvalue weighted by atomic mass is 19.1. The SMILES string of the molecule is FCCn1ccc2c(NC3CC4CCC3CC4)nc(-c3c[nH]c4c(F)cc(F)cc34)nc21. The summed E-state index contributed by atoms with van der Waals surface area (Å²) in [4.78, 5) is 12.4. The van der Waals surface area contributed by atoms with E-state index in [9.17, 15) is 13.2 Å². The van der Waals surface area contributed by atoms with Gasteiger partial charge in [0.25, 0.3) is 0 Å². The van der Waals surface area contributed by atoms with Crippen molar-refractivity contribution in [2.75, 3.05) is 12.0 Å². The first-order chi connectivity index (χ1) is 15.6. The number of hydrogen-bond donors (Lipinski definition) is 2. The third-order valence-corrected chi connectivity index (χ3v) is 7.26. The number of aromatic amines is 1. The number of nitrogens with one attached hydrogen (secondary N) is 2. The summed E-state index contributed by atoms with van der Waals surface area (Å²) < 4.78 is 43.1. The molecule has 3 aliphatic rings. The second-order valence-electron chi connectivity index (χ2n) is 9.11. The first kappa shape index (κ1) is 19.6. The summed E-state index contributed by atoms with van der Waals surface area (Å²) in [7, 11) is 0. The Kier molecular flexibility index (Phi) is 4.62. The van der Waals surface area contributed by atoms with E-state index in [1.165, 1.54) is 31.7 Å². The molecule has 0 aliphatic heterocycles. The van der Waals surface area contributed by atoms with Gasteiger partial charge in [-0.05, 0) is 43.2 Å². The lowest BCUT2D eigenvalue weighted by atomic mass is 9.68. The number of H-pyrrole nitrogens is 1. The number of aromatic nitrogens is 4. The van der Waals surface area contributed by atoms with Gasteiger partial charge in [0.15, 0.2) is 5.82 Å². The van der Waals surface area contributed by atoms with E-state index >= 15 is 0 Å². The van der Waals surface area contributed by atoms with Gasteiger partial charge in [0.05, 0.1) is 17.4 Å². The molecule has 2 N–H and O–H groups in total. The molecule has 3 aromatic heterocycles. The minimum Gasteiger partial charge on any atom is -0.366 e. The van der Waals surface area contributed by atoms with E-state index in [1.54, 1.807) is 10.8 Å². The molecule has 3 aliphatic carbocycles. The Bertz CT molecular complexity index is 1300. The van der Waals surface area contributed by atoms with Crippen LogP contribution in [0.25, 0.3) is 33.3 Å². The normalized spacial score (nSPS) is 22.8. The maximum Gasteiger partial charge on any atom is 0.166 e. The van der Waals surface area contributed by atoms with Gasteiger partial charge in [-0.2, -0.15) is 0 Å². The molecule has 1 aromatic carbocycles. The number of aryl methyl sites for hydroxylation is 1. The minimum atomic E-state index is -0.662. The molecular formula is C24H24F3N5. The lowest BCUT2D eigenvalue weighted by Crippen LogP contribution is -2.40. The summed E-state index contributed by atoms with van der Waals surface area (Å²) >= 11 is 0. The van der Waals surface area contributed by atoms with Crippen LogP contribution in [0.3, 0.4) is 0 Å². The van der Waals surface area contributed by atoms with Crippen LogP contribution in [0, 0.1) is 23.5 Å². The lowest BCUT2D eigenvalue weighted by Gasteiger charge is -2.42. The van der Waals surface area contributed by atoms with Crippen molar-refractivity contribution in [1.29, 1.82) is 0 Å². The molecule has 5 nitrogen and oxygen atoms in total. The van der Waals surface area contributed by atoms with Crippen LogP contribution < -0.4 is 5.32 Å². The average molecular weight is 439 g/mol. The van der Waals surface area contributed by atoms with Crippen LogP contribution in [-0.2, 0) is 6.54 Å². The number of fused-ring (bicyclic) bond motifs is 5. The van der Waals surface area contributed by atoms with Gasteiger partial charge in [0.2, 0.25) is 0 Å². The molecule has 32 heavy (non-hydrogen) atoms. The van der Waals surface area contributed by atoms with Crippen molar-refractivity contribution < 1.29 is 13.2 Å². The maximum atomic E-state index is 14.2. The van der Waals surface area contributed by atoms with Crippen LogP contribution in [0.5, 0.6) is 0 Å². The van der Waals surface area contributed by atoms with Crippen molar-refractivity contribution in [2.24, 2.45) is 11.8 Å². The van der Waals surface area contributed by atoms with E-state index in [2.05, 4.69) is 15.3 Å². The molecule has 1 unspecified atom stereocenters. The zero-order valence-corrected chi connectivity index (χ0v) is 17.5. The summed E-state index contributed by atoms with van der Waals surface area (Å²) in [6.07, 6.45) is 9.60. The Balaban J connectivity index is 1.49. The molecule has 1 atom stereocenters. The second-order valence-corrected chi connectivity index (χ2v) is 9.11. The van der Waals surface area contributed by atoms with Crippen molar-refractivity contribution in [2.45, 2.75) is 44.7 Å². The summed E-state index contributed by atoms with van der Waals surface area (Å²) in [6, 6.07) is 4.39. The predicted octanol–water partition coefficient (Wildman–Crippen LogP) is 5.82. The lowest BCUT2D eigenvalue weighted by molar-refractivity contribution is 0.157. The fourth-order valence-electron chi connectivity index (χ4n) is 5.64. The maximum absolute atomic E-state index is 14.2. The number of nitrogens with zero attached hydrogens (tertiary/aromatic N) is 3. The molecule has 3 fully saturated rings. The zero-order chi connectivity index (χ0) is 21.8. The third-order valence-electron chi connectivity index (χ3n) is 7.26. The molecular weight excluding hydrogens is 415 g/mol. The number of halogens is 3. The molecule has 8 heteroatoms. The number of anilines is 1. The van der Waals surface area contributed by atoms with Gasteiger partial charge in [0, 0.05) is 35.5 Å². The van der Waals surface area contributed by atoms with E-state index in [-0.39, 0.29) is 12.1 Å². The minimum absolute atomic E-state index is 0.185. The topological polar surface area (TPSA) is 58.5 Å². The molecule has 7 rings (SSSR count). The average Bonchev–Trinajstić information content (AvgIpc) is 3.40. The van der Waals surface area contributed by atoms with Gasteiger partial charge in [-0.1, -0.05) is 12.8 Å². The third kappa shape index (κ3) is 3.15. The highest BCUT2D eigenvalue weighted by Crippen LogP contribution is 2.43. The number of alkyl halides is 1. The van der Waals surface area contributed by atoms with E-state index in [4.69, 9.17) is 4.98 Å². The molecule has 166 valence electrons. The highest BCUT2D eigenvalue weighted by molar-refractivity contribution is 5.96. The van der Waals surface area contributed by atoms with Crippen LogP contribution in [0.4, 0.5) is 19.0 Å². The Hall–Kier alpha value is -3.03. The highest BCUT2D eigenvalue weighted by Gasteiger charge is 2.36. The molecule has 4 aromatic rings. The number of hydrogen-bond acceptors (Lipinski definition) is 3. The monoisotopic (exact) mass is 439 g/mol. The van der Waals surface area contributed by atoms with Crippen molar-refractivity contribution in [1.82, 2.24) is 19.5 Å². The standard InChI is InChI=1S/C24H24F3N5/c25-6-8-32-7-5-16-22(29-20-9-13-1-3-14(20)4-2-13)30-23(31-24(16)32)18-12-28-21-17(18)10-15(26)11-19(21)27/h5,7,10-14,20,28H,1-4,6,8-9H2,(H,29,30,31). The van der Waals surface area contributed by atoms with Crippen LogP contribution in [-0.4, -0.2) is 32.2 Å². The molecule has 3 saturated carbocycles. The molecule has 0 amide bonds. The van der Waals surface area contributed by atoms with Crippen LogP contribution in [0.15, 0.2) is 30.6 Å². The summed E-state index contributed by atoms with van der Waals surface area (Å²) in [5.41, 5.74) is 1.34. The van der Waals surface area contributed by atoms with Crippen LogP contribution in [0.2, 0.25) is 0 Å². The van der Waals surface area contributed by atoms with E-state index < -0.39 is 18.3 Å². The van der Waals surface area contributed by atoms with Gasteiger partial charge in [-0.3, -0.25) is 0 Å². The molecule has 0 spiro atoms. The Morgan fingerprint density at radius 1 is 1.09 bits per heavy atom. The fraction of sp³-hybridized carbons (Fsp3) is 0.417. The van der Waals surface area contributed by atoms with Crippen molar-refractivity contribution in [3.63, 3.8) is 0 Å². The number of benzene rings is 1. The Morgan fingerprint density at radius 2 is 1.94 bits per heavy atom. The van der Waals surface area contributed by atoms with Gasteiger partial charge in [-0.15, -0.1) is 0 Å². The first-order valence-corrected chi connectivity index (χ1v) is 11.3. The molecule has 0 radical (unpaired) electrons. The zero-order valence-electron chi connectivity index (χ0n) is 17.5. The molecule has 2 bridgehead atoms. The van der Waals surface area contributed by atoms with Crippen molar-refractivity contribution in [3.05, 3.63) is 42.2 Å². The van der Waals surface area contributed by atoms with E-state index in [0.717, 1.165) is 23.8 Å². The second kappa shape index (κ2) is 7.53. The van der Waals surface area contributed by atoms with Crippen LogP contribution >= 0.6 is 0 Å². The summed E-state index contributed by atoms with van der Waals surface area (Å²) in [5, 5.41) is 4.88. The smallest absolute Gasteiger partial charge is 0.166 e. The largest absolute Gasteiger partial charge is 0.366 e. The molecule has 0 saturated heterocycles. The Morgan fingerprint density at radius 3 is 2.69 bits per heavy atom. The van der Waals surface area contributed by atoms with Gasteiger partial charge < -0.3 is 14.9 Å². The van der Waals surface area contributed by atoms with Gasteiger partial charge >= 0.3 is 0 Å². The van der Waals surface area contributed by atoms with Gasteiger partial charge in [-0.25, -0.2) is 23.1 Å². The summed E-state index contributed by atoms with van der Waals surface area (Å²) in [5.74, 6) is 1.11. The molecule has 3 heterocycles. The van der Waals surface area contributed by atoms with Gasteiger partial charge in [0.1, 0.15) is 29.8 Å².